The Hall–Kier alpha value is -2.99. The molecule has 3 atom stereocenters. The van der Waals surface area contributed by atoms with Crippen LogP contribution in [0.4, 0.5) is 0 Å². The highest BCUT2D eigenvalue weighted by atomic mass is 35.5. The third-order valence-electron chi connectivity index (χ3n) is 5.31. The molecule has 156 valence electrons. The molecule has 0 radical (unpaired) electrons. The normalized spacial score (nSPS) is 22.9. The Bertz CT molecular complexity index is 951. The van der Waals surface area contributed by atoms with E-state index in [-0.39, 0.29) is 29.7 Å². The number of ether oxygens (including phenoxy) is 4. The van der Waals surface area contributed by atoms with Crippen LogP contribution in [-0.4, -0.2) is 31.1 Å². The molecular formula is C23H21ClO6. The predicted octanol–water partition coefficient (Wildman–Crippen LogP) is 4.56. The maximum atomic E-state index is 12.9. The van der Waals surface area contributed by atoms with E-state index in [1.807, 2.05) is 0 Å². The Balaban J connectivity index is 1.36. The van der Waals surface area contributed by atoms with Crippen LogP contribution in [-0.2, 0) is 14.3 Å². The van der Waals surface area contributed by atoms with Crippen molar-refractivity contribution in [3.05, 3.63) is 71.1 Å². The lowest BCUT2D eigenvalue weighted by atomic mass is 9.80. The molecule has 2 aliphatic rings. The number of halogens is 1. The number of ketones is 1. The van der Waals surface area contributed by atoms with E-state index in [1.165, 1.54) is 6.26 Å². The van der Waals surface area contributed by atoms with Gasteiger partial charge in [-0.3, -0.25) is 4.79 Å². The molecule has 7 heteroatoms. The van der Waals surface area contributed by atoms with Crippen LogP contribution < -0.4 is 9.47 Å². The van der Waals surface area contributed by atoms with Gasteiger partial charge >= 0.3 is 5.97 Å². The number of rotatable bonds is 5. The first kappa shape index (κ1) is 20.3. The molecule has 6 nitrogen and oxygen atoms in total. The van der Waals surface area contributed by atoms with Crippen molar-refractivity contribution in [1.82, 2.24) is 0 Å². The third kappa shape index (κ3) is 4.44. The van der Waals surface area contributed by atoms with Crippen LogP contribution in [0.5, 0.6) is 11.5 Å². The fourth-order valence-corrected chi connectivity index (χ4v) is 3.82. The number of carbonyl (C=O) groups excluding carboxylic acids is 2. The molecule has 3 unspecified atom stereocenters. The van der Waals surface area contributed by atoms with Crippen LogP contribution in [0.25, 0.3) is 0 Å². The highest BCUT2D eigenvalue weighted by Crippen LogP contribution is 2.35. The van der Waals surface area contributed by atoms with E-state index in [0.29, 0.717) is 41.3 Å². The van der Waals surface area contributed by atoms with Gasteiger partial charge in [0.2, 0.25) is 11.5 Å². The lowest BCUT2D eigenvalue weighted by Crippen LogP contribution is -2.43. The summed E-state index contributed by atoms with van der Waals surface area (Å²) in [6.45, 7) is 0. The lowest BCUT2D eigenvalue weighted by molar-refractivity contribution is -0.132. The molecule has 1 aliphatic carbocycles. The highest BCUT2D eigenvalue weighted by molar-refractivity contribution is 6.30. The largest absolute Gasteiger partial charge is 0.497 e. The summed E-state index contributed by atoms with van der Waals surface area (Å²) in [6.07, 6.45) is 2.33. The Morgan fingerprint density at radius 2 is 1.73 bits per heavy atom. The molecular weight excluding hydrogens is 408 g/mol. The van der Waals surface area contributed by atoms with Gasteiger partial charge in [-0.15, -0.1) is 0 Å². The van der Waals surface area contributed by atoms with Crippen molar-refractivity contribution in [2.24, 2.45) is 5.92 Å². The van der Waals surface area contributed by atoms with E-state index < -0.39 is 5.97 Å². The van der Waals surface area contributed by atoms with Crippen LogP contribution in [0.1, 0.15) is 29.6 Å². The van der Waals surface area contributed by atoms with Gasteiger partial charge in [0.05, 0.1) is 18.6 Å². The molecule has 2 aromatic carbocycles. The summed E-state index contributed by atoms with van der Waals surface area (Å²) in [7, 11) is 1.58. The van der Waals surface area contributed by atoms with Gasteiger partial charge in [-0.25, -0.2) is 4.79 Å². The van der Waals surface area contributed by atoms with Crippen molar-refractivity contribution in [3.63, 3.8) is 0 Å². The fourth-order valence-electron chi connectivity index (χ4n) is 3.69. The van der Waals surface area contributed by atoms with Crippen LogP contribution in [0.2, 0.25) is 5.02 Å². The van der Waals surface area contributed by atoms with E-state index in [4.69, 9.17) is 30.5 Å². The van der Waals surface area contributed by atoms with E-state index >= 15 is 0 Å². The quantitative estimate of drug-likeness (QED) is 0.650. The number of Topliss-reactive ketones (excluding diaryl/α,β-unsaturated/α-hetero) is 1. The zero-order valence-corrected chi connectivity index (χ0v) is 17.1. The number of esters is 1. The molecule has 0 aromatic heterocycles. The number of methoxy groups -OCH3 is 1. The van der Waals surface area contributed by atoms with Crippen molar-refractivity contribution < 1.29 is 28.5 Å². The summed E-state index contributed by atoms with van der Waals surface area (Å²) in [5.41, 5.74) is 0.442. The Kier molecular flexibility index (Phi) is 5.95. The zero-order chi connectivity index (χ0) is 21.1. The maximum Gasteiger partial charge on any atom is 0.338 e. The van der Waals surface area contributed by atoms with Crippen LogP contribution in [0.3, 0.4) is 0 Å². The Labute approximate surface area is 179 Å². The van der Waals surface area contributed by atoms with E-state index in [0.717, 1.165) is 0 Å². The minimum absolute atomic E-state index is 0.0930. The molecule has 1 aliphatic heterocycles. The first-order valence-electron chi connectivity index (χ1n) is 9.72. The van der Waals surface area contributed by atoms with Crippen LogP contribution in [0.15, 0.2) is 60.6 Å². The summed E-state index contributed by atoms with van der Waals surface area (Å²) in [5.74, 6) is 0.602. The van der Waals surface area contributed by atoms with Crippen molar-refractivity contribution in [2.75, 3.05) is 7.11 Å². The number of carbonyl (C=O) groups is 2. The topological polar surface area (TPSA) is 71.1 Å². The minimum Gasteiger partial charge on any atom is -0.497 e. The van der Waals surface area contributed by atoms with Crippen molar-refractivity contribution in [3.8, 4) is 11.5 Å². The average Bonchev–Trinajstić information content (AvgIpc) is 2.76. The molecule has 0 N–H and O–H groups in total. The number of benzene rings is 2. The van der Waals surface area contributed by atoms with Crippen molar-refractivity contribution in [1.29, 1.82) is 0 Å². The van der Waals surface area contributed by atoms with Gasteiger partial charge in [0.15, 0.2) is 0 Å². The summed E-state index contributed by atoms with van der Waals surface area (Å²) in [5, 5.41) is 0.556. The Morgan fingerprint density at radius 1 is 1.03 bits per heavy atom. The number of hydrogen-bond donors (Lipinski definition) is 0. The fraction of sp³-hybridized carbons (Fsp3) is 0.304. The first-order chi connectivity index (χ1) is 14.5. The standard InChI is InChI=1S/C23H21ClO6/c1-27-16-6-8-17(9-7-16)29-21-13-28-20-12-18(10-11-19(20)22(21)25)30-23(26)14-2-4-15(24)5-3-14/h2-9,13,18-20H,10-12H2,1H3. The third-order valence-corrected chi connectivity index (χ3v) is 5.57. The number of hydrogen-bond acceptors (Lipinski definition) is 6. The molecule has 0 amide bonds. The monoisotopic (exact) mass is 428 g/mol. The van der Waals surface area contributed by atoms with E-state index in [1.54, 1.807) is 55.6 Å². The van der Waals surface area contributed by atoms with E-state index in [9.17, 15) is 9.59 Å². The van der Waals surface area contributed by atoms with Crippen LogP contribution >= 0.6 is 11.6 Å². The second-order valence-electron chi connectivity index (χ2n) is 7.25. The minimum atomic E-state index is -0.406. The number of allylic oxidation sites excluding steroid dienone is 1. The lowest BCUT2D eigenvalue weighted by Gasteiger charge is -2.36. The molecule has 0 spiro atoms. The van der Waals surface area contributed by atoms with Gasteiger partial charge in [-0.05, 0) is 61.4 Å². The smallest absolute Gasteiger partial charge is 0.338 e. The first-order valence-corrected chi connectivity index (χ1v) is 10.1. The number of fused-ring (bicyclic) bond motifs is 1. The van der Waals surface area contributed by atoms with Crippen LogP contribution in [0, 0.1) is 5.92 Å². The van der Waals surface area contributed by atoms with Gasteiger partial charge in [0.1, 0.15) is 30.0 Å². The van der Waals surface area contributed by atoms with Crippen molar-refractivity contribution in [2.45, 2.75) is 31.5 Å². The molecule has 0 bridgehead atoms. The molecule has 2 aromatic rings. The van der Waals surface area contributed by atoms with Gasteiger partial charge in [-0.2, -0.15) is 0 Å². The second-order valence-corrected chi connectivity index (χ2v) is 7.69. The molecule has 0 saturated heterocycles. The van der Waals surface area contributed by atoms with E-state index in [2.05, 4.69) is 0 Å². The zero-order valence-electron chi connectivity index (χ0n) is 16.4. The van der Waals surface area contributed by atoms with Gasteiger partial charge < -0.3 is 18.9 Å². The molecule has 1 heterocycles. The molecule has 1 saturated carbocycles. The summed E-state index contributed by atoms with van der Waals surface area (Å²) >= 11 is 5.85. The maximum absolute atomic E-state index is 12.9. The predicted molar refractivity (Wildman–Crippen MR) is 110 cm³/mol. The SMILES string of the molecule is COc1ccc(OC2=COC3CC(OC(=O)c4ccc(Cl)cc4)CCC3C2=O)cc1. The summed E-state index contributed by atoms with van der Waals surface area (Å²) < 4.78 is 22.2. The molecule has 30 heavy (non-hydrogen) atoms. The highest BCUT2D eigenvalue weighted by Gasteiger charge is 2.42. The van der Waals surface area contributed by atoms with Crippen molar-refractivity contribution >= 4 is 23.4 Å². The molecule has 4 rings (SSSR count). The average molecular weight is 429 g/mol. The van der Waals surface area contributed by atoms with Gasteiger partial charge in [0, 0.05) is 11.4 Å². The Morgan fingerprint density at radius 3 is 2.43 bits per heavy atom. The molecule has 1 fully saturated rings. The van der Waals surface area contributed by atoms with Gasteiger partial charge in [-0.1, -0.05) is 11.6 Å². The summed E-state index contributed by atoms with van der Waals surface area (Å²) in [4.78, 5) is 25.2. The summed E-state index contributed by atoms with van der Waals surface area (Å²) in [6, 6.07) is 13.5. The second kappa shape index (κ2) is 8.79. The van der Waals surface area contributed by atoms with Gasteiger partial charge in [0.25, 0.3) is 0 Å².